The zero-order valence-corrected chi connectivity index (χ0v) is 15.7. The van der Waals surface area contributed by atoms with Gasteiger partial charge in [0.25, 0.3) is 5.91 Å². The summed E-state index contributed by atoms with van der Waals surface area (Å²) in [6.07, 6.45) is -4.60. The summed E-state index contributed by atoms with van der Waals surface area (Å²) in [5.41, 5.74) is 0.764. The lowest BCUT2D eigenvalue weighted by Crippen LogP contribution is -2.46. The van der Waals surface area contributed by atoms with Crippen LogP contribution in [0.1, 0.15) is 32.3 Å². The van der Waals surface area contributed by atoms with Crippen molar-refractivity contribution in [3.05, 3.63) is 40.2 Å². The Labute approximate surface area is 160 Å². The van der Waals surface area contributed by atoms with Crippen molar-refractivity contribution in [3.63, 3.8) is 0 Å². The monoisotopic (exact) mass is 397 g/mol. The van der Waals surface area contributed by atoms with Crippen molar-refractivity contribution in [3.8, 4) is 5.75 Å². The van der Waals surface area contributed by atoms with Gasteiger partial charge in [0.1, 0.15) is 11.3 Å². The second kappa shape index (κ2) is 7.85. The molecular weight excluding hydrogens is 375 g/mol. The van der Waals surface area contributed by atoms with E-state index in [2.05, 4.69) is 0 Å². The molecule has 8 heteroatoms. The normalized spacial score (nSPS) is 17.0. The molecule has 1 aromatic carbocycles. The summed E-state index contributed by atoms with van der Waals surface area (Å²) < 4.78 is 49.2. The third-order valence-electron chi connectivity index (χ3n) is 5.11. The number of halogens is 3. The van der Waals surface area contributed by atoms with E-state index in [1.165, 1.54) is 11.0 Å². The van der Waals surface area contributed by atoms with Gasteiger partial charge in [-0.05, 0) is 43.9 Å². The fraction of sp³-hybridized carbons (Fsp3) is 0.500. The smallest absolute Gasteiger partial charge is 0.391 e. The van der Waals surface area contributed by atoms with Gasteiger partial charge in [-0.25, -0.2) is 4.79 Å². The molecule has 3 rings (SSSR count). The largest absolute Gasteiger partial charge is 0.481 e. The van der Waals surface area contributed by atoms with Gasteiger partial charge in [-0.2, -0.15) is 13.2 Å². The van der Waals surface area contributed by atoms with E-state index >= 15 is 0 Å². The average Bonchev–Trinajstić information content (AvgIpc) is 2.65. The fourth-order valence-corrected chi connectivity index (χ4v) is 3.51. The predicted molar refractivity (Wildman–Crippen MR) is 97.3 cm³/mol. The highest BCUT2D eigenvalue weighted by Gasteiger charge is 2.42. The lowest BCUT2D eigenvalue weighted by molar-refractivity contribution is -0.187. The highest BCUT2D eigenvalue weighted by Crippen LogP contribution is 2.34. The number of amides is 1. The molecule has 1 atom stereocenters. The topological polar surface area (TPSA) is 59.8 Å². The summed E-state index contributed by atoms with van der Waals surface area (Å²) in [7, 11) is 0. The number of hydrogen-bond acceptors (Lipinski definition) is 4. The number of hydrogen-bond donors (Lipinski definition) is 0. The first kappa shape index (κ1) is 20.2. The molecule has 0 bridgehead atoms. The van der Waals surface area contributed by atoms with E-state index in [9.17, 15) is 22.8 Å². The van der Waals surface area contributed by atoms with Crippen LogP contribution in [0.4, 0.5) is 13.2 Å². The first-order valence-corrected chi connectivity index (χ1v) is 9.28. The van der Waals surface area contributed by atoms with Gasteiger partial charge in [0.2, 0.25) is 0 Å². The Balaban J connectivity index is 1.68. The fourth-order valence-electron chi connectivity index (χ4n) is 3.51. The van der Waals surface area contributed by atoms with Crippen LogP contribution in [0.25, 0.3) is 11.0 Å². The van der Waals surface area contributed by atoms with Crippen molar-refractivity contribution in [1.82, 2.24) is 4.90 Å². The predicted octanol–water partition coefficient (Wildman–Crippen LogP) is 3.92. The Morgan fingerprint density at radius 3 is 2.57 bits per heavy atom. The molecule has 0 aliphatic carbocycles. The number of carbonyl (C=O) groups is 1. The molecule has 1 aliphatic rings. The molecule has 0 radical (unpaired) electrons. The minimum Gasteiger partial charge on any atom is -0.481 e. The molecule has 5 nitrogen and oxygen atoms in total. The van der Waals surface area contributed by atoms with Crippen molar-refractivity contribution in [2.45, 2.75) is 45.4 Å². The molecule has 0 N–H and O–H groups in total. The SMILES string of the molecule is CCc1cc(=O)oc2cc(OC(C)C(=O)N3CCC(C(F)(F)F)CC3)ccc12. The number of likely N-dealkylation sites (tertiary alicyclic amines) is 1. The van der Waals surface area contributed by atoms with Gasteiger partial charge in [-0.3, -0.25) is 4.79 Å². The molecule has 2 heterocycles. The molecule has 1 amide bonds. The average molecular weight is 397 g/mol. The van der Waals surface area contributed by atoms with Crippen molar-refractivity contribution >= 4 is 16.9 Å². The van der Waals surface area contributed by atoms with Gasteiger partial charge in [0, 0.05) is 30.6 Å². The molecule has 152 valence electrons. The summed E-state index contributed by atoms with van der Waals surface area (Å²) in [5, 5.41) is 0.794. The van der Waals surface area contributed by atoms with Gasteiger partial charge < -0.3 is 14.1 Å². The molecule has 1 aliphatic heterocycles. The van der Waals surface area contributed by atoms with Crippen molar-refractivity contribution in [2.75, 3.05) is 13.1 Å². The van der Waals surface area contributed by atoms with Crippen LogP contribution in [0.5, 0.6) is 5.75 Å². The standard InChI is InChI=1S/C20H22F3NO4/c1-3-13-10-18(25)28-17-11-15(4-5-16(13)17)27-12(2)19(26)24-8-6-14(7-9-24)20(21,22)23/h4-5,10-12,14H,3,6-9H2,1-2H3. The highest BCUT2D eigenvalue weighted by atomic mass is 19.4. The van der Waals surface area contributed by atoms with E-state index in [4.69, 9.17) is 9.15 Å². The van der Waals surface area contributed by atoms with Crippen molar-refractivity contribution in [2.24, 2.45) is 5.92 Å². The number of benzene rings is 1. The number of piperidine rings is 1. The minimum atomic E-state index is -4.22. The summed E-state index contributed by atoms with van der Waals surface area (Å²) in [6, 6.07) is 6.44. The third-order valence-corrected chi connectivity index (χ3v) is 5.11. The molecule has 1 saturated heterocycles. The lowest BCUT2D eigenvalue weighted by atomic mass is 9.96. The maximum absolute atomic E-state index is 12.8. The highest BCUT2D eigenvalue weighted by molar-refractivity contribution is 5.83. The first-order chi connectivity index (χ1) is 13.2. The molecule has 0 spiro atoms. The Hall–Kier alpha value is -2.51. The van der Waals surface area contributed by atoms with Crippen molar-refractivity contribution < 1.29 is 27.1 Å². The number of rotatable bonds is 4. The molecule has 1 fully saturated rings. The number of carbonyl (C=O) groups excluding carboxylic acids is 1. The number of aryl methyl sites for hydroxylation is 1. The van der Waals surface area contributed by atoms with Crippen molar-refractivity contribution in [1.29, 1.82) is 0 Å². The van der Waals surface area contributed by atoms with E-state index in [0.717, 1.165) is 10.9 Å². The zero-order chi connectivity index (χ0) is 20.5. The Morgan fingerprint density at radius 2 is 1.96 bits per heavy atom. The minimum absolute atomic E-state index is 0.0587. The third kappa shape index (κ3) is 4.31. The van der Waals surface area contributed by atoms with Gasteiger partial charge >= 0.3 is 11.8 Å². The van der Waals surface area contributed by atoms with E-state index < -0.39 is 23.8 Å². The van der Waals surface area contributed by atoms with Crippen LogP contribution in [-0.2, 0) is 11.2 Å². The molecular formula is C20H22F3NO4. The number of nitrogens with zero attached hydrogens (tertiary/aromatic N) is 1. The molecule has 1 unspecified atom stereocenters. The molecule has 28 heavy (non-hydrogen) atoms. The summed E-state index contributed by atoms with van der Waals surface area (Å²) in [4.78, 5) is 25.6. The molecule has 0 saturated carbocycles. The van der Waals surface area contributed by atoms with Crippen LogP contribution in [-0.4, -0.2) is 36.2 Å². The second-order valence-corrected chi connectivity index (χ2v) is 7.00. The quantitative estimate of drug-likeness (QED) is 0.734. The van der Waals surface area contributed by atoms with E-state index in [-0.39, 0.29) is 31.8 Å². The van der Waals surface area contributed by atoms with E-state index in [1.807, 2.05) is 6.92 Å². The van der Waals surface area contributed by atoms with Gasteiger partial charge in [0.05, 0.1) is 5.92 Å². The van der Waals surface area contributed by atoms with Gasteiger partial charge in [-0.15, -0.1) is 0 Å². The van der Waals surface area contributed by atoms with Gasteiger partial charge in [0.15, 0.2) is 6.10 Å². The lowest BCUT2D eigenvalue weighted by Gasteiger charge is -2.34. The van der Waals surface area contributed by atoms with Crippen LogP contribution in [0.2, 0.25) is 0 Å². The van der Waals surface area contributed by atoms with Crippen LogP contribution in [0.15, 0.2) is 33.5 Å². The number of fused-ring (bicyclic) bond motifs is 1. The van der Waals surface area contributed by atoms with E-state index in [0.29, 0.717) is 17.8 Å². The Bertz CT molecular complexity index is 914. The Kier molecular flexibility index (Phi) is 5.67. The number of ether oxygens (including phenoxy) is 1. The van der Waals surface area contributed by atoms with Gasteiger partial charge in [-0.1, -0.05) is 6.92 Å². The van der Waals surface area contributed by atoms with E-state index in [1.54, 1.807) is 25.1 Å². The number of alkyl halides is 3. The summed E-state index contributed by atoms with van der Waals surface area (Å²) in [5.74, 6) is -1.36. The molecule has 1 aromatic heterocycles. The molecule has 2 aromatic rings. The Morgan fingerprint density at radius 1 is 1.29 bits per heavy atom. The zero-order valence-electron chi connectivity index (χ0n) is 15.7. The second-order valence-electron chi connectivity index (χ2n) is 7.00. The van der Waals surface area contributed by atoms with Crippen LogP contribution in [0.3, 0.4) is 0 Å². The maximum atomic E-state index is 12.8. The first-order valence-electron chi connectivity index (χ1n) is 9.28. The van der Waals surface area contributed by atoms with Crippen LogP contribution < -0.4 is 10.4 Å². The maximum Gasteiger partial charge on any atom is 0.391 e. The van der Waals surface area contributed by atoms with Crippen LogP contribution in [0, 0.1) is 5.92 Å². The summed E-state index contributed by atoms with van der Waals surface area (Å²) >= 11 is 0. The summed E-state index contributed by atoms with van der Waals surface area (Å²) in [6.45, 7) is 3.61. The van der Waals surface area contributed by atoms with Crippen LogP contribution >= 0.6 is 0 Å².